The van der Waals surface area contributed by atoms with Crippen molar-refractivity contribution < 1.29 is 0 Å². The standard InChI is InChI=1S/C51H32N2/c52-33-34-26-31-39(49(32-34)53-47-24-12-10-17-40(47)41-18-11-13-25-48(41)53)36-29-27-35(28-30-36)38-16-4-5-19-42(38)51-45-22-8-6-20-43(45)50(37-14-2-1-3-15-37)44-21-7-9-23-46(44)51/h1-32H. The molecule has 1 aromatic heterocycles. The van der Waals surface area contributed by atoms with Crippen LogP contribution < -0.4 is 0 Å². The van der Waals surface area contributed by atoms with Crippen LogP contribution in [0.5, 0.6) is 0 Å². The molecule has 0 bridgehead atoms. The summed E-state index contributed by atoms with van der Waals surface area (Å²) in [4.78, 5) is 0. The van der Waals surface area contributed by atoms with Gasteiger partial charge in [-0.2, -0.15) is 5.26 Å². The SMILES string of the molecule is N#Cc1ccc(-c2ccc(-c3ccccc3-c3c4ccccc4c(-c4ccccc4)c4ccccc34)cc2)c(-n2c3ccccc3c3ccccc32)c1. The molecular weight excluding hydrogens is 641 g/mol. The molecule has 0 fully saturated rings. The number of hydrogen-bond acceptors (Lipinski definition) is 1. The molecule has 0 aliphatic heterocycles. The molecule has 0 aliphatic carbocycles. The molecule has 0 saturated heterocycles. The number of fused-ring (bicyclic) bond motifs is 5. The van der Waals surface area contributed by atoms with E-state index in [9.17, 15) is 5.26 Å². The molecule has 0 unspecified atom stereocenters. The van der Waals surface area contributed by atoms with Crippen LogP contribution in [0, 0.1) is 11.3 Å². The van der Waals surface area contributed by atoms with Gasteiger partial charge in [0.2, 0.25) is 0 Å². The first kappa shape index (κ1) is 30.6. The van der Waals surface area contributed by atoms with Gasteiger partial charge in [-0.1, -0.05) is 170 Å². The fourth-order valence-electron chi connectivity index (χ4n) is 8.33. The number of nitriles is 1. The normalized spacial score (nSPS) is 11.4. The zero-order chi connectivity index (χ0) is 35.3. The van der Waals surface area contributed by atoms with Gasteiger partial charge in [-0.05, 0) is 84.8 Å². The van der Waals surface area contributed by atoms with Gasteiger partial charge < -0.3 is 4.57 Å². The van der Waals surface area contributed by atoms with Gasteiger partial charge >= 0.3 is 0 Å². The van der Waals surface area contributed by atoms with Crippen molar-refractivity contribution in [2.24, 2.45) is 0 Å². The second kappa shape index (κ2) is 12.5. The zero-order valence-electron chi connectivity index (χ0n) is 28.9. The highest BCUT2D eigenvalue weighted by atomic mass is 15.0. The fourth-order valence-corrected chi connectivity index (χ4v) is 8.33. The Hall–Kier alpha value is -7.21. The second-order valence-electron chi connectivity index (χ2n) is 13.5. The number of benzene rings is 9. The average Bonchev–Trinajstić information content (AvgIpc) is 3.57. The molecule has 10 aromatic rings. The predicted molar refractivity (Wildman–Crippen MR) is 222 cm³/mol. The maximum Gasteiger partial charge on any atom is 0.0992 e. The number of nitrogens with zero attached hydrogens (tertiary/aromatic N) is 2. The summed E-state index contributed by atoms with van der Waals surface area (Å²) in [7, 11) is 0. The molecule has 0 aliphatic rings. The summed E-state index contributed by atoms with van der Waals surface area (Å²) >= 11 is 0. The lowest BCUT2D eigenvalue weighted by Crippen LogP contribution is -1.98. The second-order valence-corrected chi connectivity index (χ2v) is 13.5. The summed E-state index contributed by atoms with van der Waals surface area (Å²) in [6, 6.07) is 71.6. The van der Waals surface area contributed by atoms with Gasteiger partial charge in [0.05, 0.1) is 28.4 Å². The van der Waals surface area contributed by atoms with E-state index in [-0.39, 0.29) is 0 Å². The summed E-state index contributed by atoms with van der Waals surface area (Å²) in [6.45, 7) is 0. The van der Waals surface area contributed by atoms with Crippen molar-refractivity contribution in [2.75, 3.05) is 0 Å². The Balaban J connectivity index is 1.15. The monoisotopic (exact) mass is 672 g/mol. The largest absolute Gasteiger partial charge is 0.309 e. The van der Waals surface area contributed by atoms with Crippen molar-refractivity contribution in [1.29, 1.82) is 5.26 Å². The Labute approximate surface area is 308 Å². The molecule has 0 radical (unpaired) electrons. The van der Waals surface area contributed by atoms with Gasteiger partial charge in [0.1, 0.15) is 0 Å². The summed E-state index contributed by atoms with van der Waals surface area (Å²) in [6.07, 6.45) is 0. The van der Waals surface area contributed by atoms with E-state index in [1.807, 2.05) is 12.1 Å². The summed E-state index contributed by atoms with van der Waals surface area (Å²) in [5.74, 6) is 0. The van der Waals surface area contributed by atoms with Crippen LogP contribution in [0.1, 0.15) is 5.56 Å². The highest BCUT2D eigenvalue weighted by Gasteiger charge is 2.20. The molecule has 0 N–H and O–H groups in total. The Bertz CT molecular complexity index is 2940. The van der Waals surface area contributed by atoms with E-state index in [2.05, 4.69) is 193 Å². The molecule has 10 rings (SSSR count). The lowest BCUT2D eigenvalue weighted by molar-refractivity contribution is 1.18. The molecule has 9 aromatic carbocycles. The lowest BCUT2D eigenvalue weighted by atomic mass is 9.84. The number of para-hydroxylation sites is 2. The van der Waals surface area contributed by atoms with Crippen molar-refractivity contribution in [3.05, 3.63) is 200 Å². The van der Waals surface area contributed by atoms with E-state index in [0.29, 0.717) is 5.56 Å². The molecule has 2 nitrogen and oxygen atoms in total. The zero-order valence-corrected chi connectivity index (χ0v) is 28.9. The smallest absolute Gasteiger partial charge is 0.0992 e. The molecule has 0 spiro atoms. The van der Waals surface area contributed by atoms with Crippen LogP contribution in [0.3, 0.4) is 0 Å². The first-order valence-electron chi connectivity index (χ1n) is 18.0. The number of hydrogen-bond donors (Lipinski definition) is 0. The molecule has 0 atom stereocenters. The van der Waals surface area contributed by atoms with Crippen LogP contribution in [0.2, 0.25) is 0 Å². The maximum atomic E-state index is 9.98. The van der Waals surface area contributed by atoms with Crippen LogP contribution in [-0.4, -0.2) is 4.57 Å². The third-order valence-electron chi connectivity index (χ3n) is 10.6. The van der Waals surface area contributed by atoms with E-state index < -0.39 is 0 Å². The Morgan fingerprint density at radius 1 is 0.340 bits per heavy atom. The molecule has 53 heavy (non-hydrogen) atoms. The van der Waals surface area contributed by atoms with Crippen molar-refractivity contribution in [1.82, 2.24) is 4.57 Å². The van der Waals surface area contributed by atoms with Crippen LogP contribution in [0.4, 0.5) is 0 Å². The van der Waals surface area contributed by atoms with E-state index in [4.69, 9.17) is 0 Å². The maximum absolute atomic E-state index is 9.98. The van der Waals surface area contributed by atoms with Crippen LogP contribution in [-0.2, 0) is 0 Å². The topological polar surface area (TPSA) is 28.7 Å². The Kier molecular flexibility index (Phi) is 7.23. The third-order valence-corrected chi connectivity index (χ3v) is 10.6. The summed E-state index contributed by atoms with van der Waals surface area (Å²) in [5, 5.41) is 17.3. The highest BCUT2D eigenvalue weighted by molar-refractivity contribution is 6.22. The van der Waals surface area contributed by atoms with E-state index in [0.717, 1.165) is 33.4 Å². The van der Waals surface area contributed by atoms with E-state index in [1.165, 1.54) is 60.1 Å². The van der Waals surface area contributed by atoms with Crippen LogP contribution in [0.15, 0.2) is 194 Å². The Morgan fingerprint density at radius 3 is 1.36 bits per heavy atom. The van der Waals surface area contributed by atoms with Gasteiger partial charge in [-0.25, -0.2) is 0 Å². The first-order chi connectivity index (χ1) is 26.3. The summed E-state index contributed by atoms with van der Waals surface area (Å²) in [5.41, 5.74) is 13.3. The van der Waals surface area contributed by atoms with Crippen molar-refractivity contribution in [3.8, 4) is 56.3 Å². The van der Waals surface area contributed by atoms with Crippen LogP contribution >= 0.6 is 0 Å². The predicted octanol–water partition coefficient (Wildman–Crippen LogP) is 13.6. The van der Waals surface area contributed by atoms with Crippen LogP contribution in [0.25, 0.3) is 93.5 Å². The van der Waals surface area contributed by atoms with Gasteiger partial charge in [0.15, 0.2) is 0 Å². The fraction of sp³-hybridized carbons (Fsp3) is 0. The Morgan fingerprint density at radius 2 is 0.792 bits per heavy atom. The van der Waals surface area contributed by atoms with Gasteiger partial charge in [-0.3, -0.25) is 0 Å². The highest BCUT2D eigenvalue weighted by Crippen LogP contribution is 2.46. The number of aromatic nitrogens is 1. The molecule has 0 amide bonds. The first-order valence-corrected chi connectivity index (χ1v) is 18.0. The van der Waals surface area contributed by atoms with Gasteiger partial charge in [0.25, 0.3) is 0 Å². The summed E-state index contributed by atoms with van der Waals surface area (Å²) < 4.78 is 2.30. The van der Waals surface area contributed by atoms with Crippen molar-refractivity contribution in [2.45, 2.75) is 0 Å². The quantitative estimate of drug-likeness (QED) is 0.167. The molecule has 246 valence electrons. The lowest BCUT2D eigenvalue weighted by Gasteiger charge is -2.20. The number of rotatable bonds is 5. The van der Waals surface area contributed by atoms with E-state index >= 15 is 0 Å². The molecule has 1 heterocycles. The minimum Gasteiger partial charge on any atom is -0.309 e. The molecule has 0 saturated carbocycles. The van der Waals surface area contributed by atoms with Gasteiger partial charge in [-0.15, -0.1) is 0 Å². The van der Waals surface area contributed by atoms with Gasteiger partial charge in [0, 0.05) is 16.3 Å². The minimum atomic E-state index is 0.633. The average molecular weight is 673 g/mol. The minimum absolute atomic E-state index is 0.633. The molecule has 2 heteroatoms. The van der Waals surface area contributed by atoms with Crippen molar-refractivity contribution in [3.63, 3.8) is 0 Å². The molecular formula is C51H32N2. The third kappa shape index (κ3) is 4.94. The van der Waals surface area contributed by atoms with Crippen molar-refractivity contribution >= 4 is 43.4 Å². The van der Waals surface area contributed by atoms with E-state index in [1.54, 1.807) is 0 Å².